The first kappa shape index (κ1) is 22.3. The predicted molar refractivity (Wildman–Crippen MR) is 128 cm³/mol. The number of nitrogens with one attached hydrogen (secondary N) is 1. The summed E-state index contributed by atoms with van der Waals surface area (Å²) in [5.74, 6) is 0.243. The molecule has 0 heterocycles. The molecule has 0 radical (unpaired) electrons. The molecule has 4 heteroatoms. The van der Waals surface area contributed by atoms with Crippen molar-refractivity contribution >= 4 is 5.71 Å². The quantitative estimate of drug-likeness (QED) is 0.169. The van der Waals surface area contributed by atoms with E-state index >= 15 is 0 Å². The first-order valence-corrected chi connectivity index (χ1v) is 10.6. The fourth-order valence-electron chi connectivity index (χ4n) is 3.19. The molecule has 2 N–H and O–H groups in total. The van der Waals surface area contributed by atoms with E-state index in [2.05, 4.69) is 77.7 Å². The van der Waals surface area contributed by atoms with E-state index in [-0.39, 0.29) is 5.76 Å². The summed E-state index contributed by atoms with van der Waals surface area (Å²) in [5, 5.41) is 16.7. The second kappa shape index (κ2) is 11.7. The lowest BCUT2D eigenvalue weighted by Crippen LogP contribution is -2.14. The van der Waals surface area contributed by atoms with Gasteiger partial charge in [-0.25, -0.2) is 0 Å². The van der Waals surface area contributed by atoms with Crippen LogP contribution in [0.4, 0.5) is 0 Å². The molecule has 160 valence electrons. The van der Waals surface area contributed by atoms with Crippen LogP contribution in [0.3, 0.4) is 0 Å². The van der Waals surface area contributed by atoms with E-state index in [1.165, 1.54) is 16.7 Å². The number of rotatable bonds is 11. The Morgan fingerprint density at radius 1 is 0.903 bits per heavy atom. The minimum absolute atomic E-state index is 0.243. The zero-order valence-corrected chi connectivity index (χ0v) is 18.1. The maximum Gasteiger partial charge on any atom is 0.142 e. The number of oxime groups is 1. The van der Waals surface area contributed by atoms with E-state index in [0.717, 1.165) is 36.3 Å². The summed E-state index contributed by atoms with van der Waals surface area (Å²) in [6.07, 6.45) is 1.52. The van der Waals surface area contributed by atoms with Crippen LogP contribution in [0.1, 0.15) is 36.5 Å². The summed E-state index contributed by atoms with van der Waals surface area (Å²) in [6.45, 7) is 7.53. The molecular formula is C27H30N2O2. The topological polar surface area (TPSA) is 53.8 Å². The Kier molecular flexibility index (Phi) is 8.44. The smallest absolute Gasteiger partial charge is 0.142 e. The molecule has 0 unspecified atom stereocenters. The van der Waals surface area contributed by atoms with Crippen LogP contribution in [0.15, 0.2) is 96.4 Å². The number of aliphatic hydroxyl groups excluding tert-OH is 1. The minimum Gasteiger partial charge on any atom is -0.513 e. The third-order valence-electron chi connectivity index (χ3n) is 5.01. The summed E-state index contributed by atoms with van der Waals surface area (Å²) in [6, 6.07) is 27.0. The number of allylic oxidation sites excluding steroid dienone is 1. The number of benzene rings is 3. The molecule has 3 aromatic carbocycles. The van der Waals surface area contributed by atoms with E-state index in [1.807, 2.05) is 25.1 Å². The second-order valence-electron chi connectivity index (χ2n) is 7.56. The molecule has 0 aliphatic rings. The summed E-state index contributed by atoms with van der Waals surface area (Å²) in [5.41, 5.74) is 6.58. The lowest BCUT2D eigenvalue weighted by Gasteiger charge is -2.07. The molecule has 0 atom stereocenters. The third-order valence-corrected chi connectivity index (χ3v) is 5.01. The fraction of sp³-hybridized carbons (Fsp3) is 0.222. The number of hydrogen-bond acceptors (Lipinski definition) is 4. The molecule has 3 rings (SSSR count). The van der Waals surface area contributed by atoms with Crippen LogP contribution < -0.4 is 5.32 Å². The molecule has 0 bridgehead atoms. The number of aliphatic hydroxyl groups is 1. The molecule has 0 aliphatic carbocycles. The molecule has 0 aromatic heterocycles. The highest BCUT2D eigenvalue weighted by atomic mass is 16.6. The van der Waals surface area contributed by atoms with Gasteiger partial charge in [-0.05, 0) is 47.7 Å². The molecule has 31 heavy (non-hydrogen) atoms. The van der Waals surface area contributed by atoms with Crippen LogP contribution in [-0.2, 0) is 18.0 Å². The zero-order chi connectivity index (χ0) is 21.9. The first-order chi connectivity index (χ1) is 15.1. The van der Waals surface area contributed by atoms with Gasteiger partial charge in [0.15, 0.2) is 0 Å². The van der Waals surface area contributed by atoms with Crippen molar-refractivity contribution < 1.29 is 9.94 Å². The van der Waals surface area contributed by atoms with Crippen LogP contribution in [-0.4, -0.2) is 17.4 Å². The van der Waals surface area contributed by atoms with Crippen molar-refractivity contribution in [2.45, 2.75) is 32.9 Å². The molecule has 4 nitrogen and oxygen atoms in total. The summed E-state index contributed by atoms with van der Waals surface area (Å²) in [4.78, 5) is 5.57. The van der Waals surface area contributed by atoms with Gasteiger partial charge in [-0.1, -0.05) is 90.6 Å². The monoisotopic (exact) mass is 414 g/mol. The maximum absolute atomic E-state index is 9.09. The largest absolute Gasteiger partial charge is 0.513 e. The molecule has 0 saturated carbocycles. The van der Waals surface area contributed by atoms with Crippen molar-refractivity contribution in [3.63, 3.8) is 0 Å². The van der Waals surface area contributed by atoms with Crippen molar-refractivity contribution in [3.8, 4) is 11.1 Å². The summed E-state index contributed by atoms with van der Waals surface area (Å²) in [7, 11) is 0. The van der Waals surface area contributed by atoms with Gasteiger partial charge < -0.3 is 15.3 Å². The van der Waals surface area contributed by atoms with E-state index in [9.17, 15) is 0 Å². The van der Waals surface area contributed by atoms with Gasteiger partial charge in [0.2, 0.25) is 0 Å². The number of hydrogen-bond donors (Lipinski definition) is 2. The Balaban J connectivity index is 1.45. The van der Waals surface area contributed by atoms with Crippen LogP contribution in [0, 0.1) is 0 Å². The maximum atomic E-state index is 9.09. The molecule has 0 fully saturated rings. The lowest BCUT2D eigenvalue weighted by molar-refractivity contribution is 0.130. The average molecular weight is 415 g/mol. The molecule has 0 aliphatic heterocycles. The van der Waals surface area contributed by atoms with Gasteiger partial charge in [0, 0.05) is 13.0 Å². The first-order valence-electron chi connectivity index (χ1n) is 10.6. The minimum atomic E-state index is 0.243. The molecule has 0 amide bonds. The standard InChI is InChI=1S/C27H30N2O2/c1-21(30)7-6-18-28-19-23-10-14-25(15-11-23)22(2)29-31-20-24-12-16-27(17-13-24)26-8-4-3-5-9-26/h3-5,8-17,28,30H,1,6-7,18-20H2,2H3/b29-22+. The normalized spacial score (nSPS) is 11.3. The SMILES string of the molecule is C=C(O)CCCNCc1ccc(/C(C)=N/OCc2ccc(-c3ccccc3)cc2)cc1. The van der Waals surface area contributed by atoms with E-state index in [0.29, 0.717) is 13.0 Å². The van der Waals surface area contributed by atoms with Gasteiger partial charge in [-0.3, -0.25) is 0 Å². The Morgan fingerprint density at radius 3 is 2.23 bits per heavy atom. The van der Waals surface area contributed by atoms with Crippen molar-refractivity contribution in [2.24, 2.45) is 5.16 Å². The van der Waals surface area contributed by atoms with Gasteiger partial charge >= 0.3 is 0 Å². The van der Waals surface area contributed by atoms with Crippen LogP contribution in [0.2, 0.25) is 0 Å². The highest BCUT2D eigenvalue weighted by Crippen LogP contribution is 2.19. The van der Waals surface area contributed by atoms with E-state index < -0.39 is 0 Å². The van der Waals surface area contributed by atoms with Crippen LogP contribution in [0.5, 0.6) is 0 Å². The number of nitrogens with zero attached hydrogens (tertiary/aromatic N) is 1. The van der Waals surface area contributed by atoms with E-state index in [1.54, 1.807) is 0 Å². The van der Waals surface area contributed by atoms with Gasteiger partial charge in [-0.2, -0.15) is 0 Å². The average Bonchev–Trinajstić information content (AvgIpc) is 2.80. The fourth-order valence-corrected chi connectivity index (χ4v) is 3.19. The molecule has 3 aromatic rings. The predicted octanol–water partition coefficient (Wildman–Crippen LogP) is 6.24. The highest BCUT2D eigenvalue weighted by Gasteiger charge is 2.01. The van der Waals surface area contributed by atoms with Gasteiger partial charge in [0.25, 0.3) is 0 Å². The Labute approximate surface area is 184 Å². The van der Waals surface area contributed by atoms with E-state index in [4.69, 9.17) is 9.94 Å². The molecular weight excluding hydrogens is 384 g/mol. The Bertz CT molecular complexity index is 978. The van der Waals surface area contributed by atoms with Crippen molar-refractivity contribution in [2.75, 3.05) is 6.54 Å². The summed E-state index contributed by atoms with van der Waals surface area (Å²) < 4.78 is 0. The Hall–Kier alpha value is -3.37. The molecule has 0 saturated heterocycles. The second-order valence-corrected chi connectivity index (χ2v) is 7.56. The van der Waals surface area contributed by atoms with Gasteiger partial charge in [-0.15, -0.1) is 0 Å². The Morgan fingerprint density at radius 2 is 1.55 bits per heavy atom. The van der Waals surface area contributed by atoms with Crippen molar-refractivity contribution in [1.29, 1.82) is 0 Å². The van der Waals surface area contributed by atoms with Crippen molar-refractivity contribution in [1.82, 2.24) is 5.32 Å². The van der Waals surface area contributed by atoms with Crippen molar-refractivity contribution in [3.05, 3.63) is 108 Å². The lowest BCUT2D eigenvalue weighted by atomic mass is 10.0. The van der Waals surface area contributed by atoms with Crippen LogP contribution >= 0.6 is 0 Å². The molecule has 0 spiro atoms. The van der Waals surface area contributed by atoms with Crippen LogP contribution in [0.25, 0.3) is 11.1 Å². The summed E-state index contributed by atoms with van der Waals surface area (Å²) >= 11 is 0. The zero-order valence-electron chi connectivity index (χ0n) is 18.1. The highest BCUT2D eigenvalue weighted by molar-refractivity contribution is 5.98. The van der Waals surface area contributed by atoms with Gasteiger partial charge in [0.1, 0.15) is 6.61 Å². The van der Waals surface area contributed by atoms with Gasteiger partial charge in [0.05, 0.1) is 11.5 Å². The third kappa shape index (κ3) is 7.43.